The van der Waals surface area contributed by atoms with Crippen molar-refractivity contribution in [2.75, 3.05) is 13.1 Å². The highest BCUT2D eigenvalue weighted by molar-refractivity contribution is 5.81. The number of carbonyl (C=O) groups is 2. The van der Waals surface area contributed by atoms with Gasteiger partial charge in [-0.2, -0.15) is 4.98 Å². The summed E-state index contributed by atoms with van der Waals surface area (Å²) in [5.41, 5.74) is 0. The van der Waals surface area contributed by atoms with E-state index in [9.17, 15) is 9.59 Å². The van der Waals surface area contributed by atoms with Crippen LogP contribution in [0.5, 0.6) is 0 Å². The van der Waals surface area contributed by atoms with E-state index in [1.165, 1.54) is 4.90 Å². The summed E-state index contributed by atoms with van der Waals surface area (Å²) in [5, 5.41) is 12.3. The molecule has 0 radical (unpaired) electrons. The van der Waals surface area contributed by atoms with Gasteiger partial charge in [0.2, 0.25) is 11.8 Å². The van der Waals surface area contributed by atoms with E-state index in [1.807, 2.05) is 0 Å². The zero-order chi connectivity index (χ0) is 13.5. The predicted octanol–water partition coefficient (Wildman–Crippen LogP) is 0.634. The Labute approximate surface area is 105 Å². The SMILES string of the molecule is CCN(CC(=O)O)C(=O)CCCc1nc(C)no1. The Bertz CT molecular complexity index is 416. The van der Waals surface area contributed by atoms with Gasteiger partial charge in [0.15, 0.2) is 5.82 Å². The van der Waals surface area contributed by atoms with Gasteiger partial charge in [-0.05, 0) is 20.3 Å². The van der Waals surface area contributed by atoms with Crippen LogP contribution in [-0.4, -0.2) is 45.1 Å². The third kappa shape index (κ3) is 4.52. The summed E-state index contributed by atoms with van der Waals surface area (Å²) in [6.45, 7) is 3.62. The molecule has 1 N–H and O–H groups in total. The molecule has 0 aliphatic rings. The van der Waals surface area contributed by atoms with Gasteiger partial charge in [0.05, 0.1) is 0 Å². The van der Waals surface area contributed by atoms with E-state index in [1.54, 1.807) is 13.8 Å². The number of carboxylic acids is 1. The largest absolute Gasteiger partial charge is 0.480 e. The molecule has 0 unspecified atom stereocenters. The fourth-order valence-corrected chi connectivity index (χ4v) is 1.53. The van der Waals surface area contributed by atoms with Gasteiger partial charge in [-0.25, -0.2) is 0 Å². The Morgan fingerprint density at radius 2 is 2.17 bits per heavy atom. The second-order valence-corrected chi connectivity index (χ2v) is 3.89. The van der Waals surface area contributed by atoms with E-state index in [0.29, 0.717) is 31.1 Å². The van der Waals surface area contributed by atoms with E-state index >= 15 is 0 Å². The highest BCUT2D eigenvalue weighted by atomic mass is 16.5. The Morgan fingerprint density at radius 3 is 2.67 bits per heavy atom. The van der Waals surface area contributed by atoms with Crippen LogP contribution in [0.15, 0.2) is 4.52 Å². The number of rotatable bonds is 7. The van der Waals surface area contributed by atoms with Crippen LogP contribution in [0.2, 0.25) is 0 Å². The molecule has 0 saturated carbocycles. The molecule has 0 aromatic carbocycles. The zero-order valence-corrected chi connectivity index (χ0v) is 10.5. The molecule has 1 rings (SSSR count). The lowest BCUT2D eigenvalue weighted by Gasteiger charge is -2.18. The highest BCUT2D eigenvalue weighted by Gasteiger charge is 2.14. The topological polar surface area (TPSA) is 96.5 Å². The smallest absolute Gasteiger partial charge is 0.323 e. The van der Waals surface area contributed by atoms with Crippen molar-refractivity contribution >= 4 is 11.9 Å². The maximum Gasteiger partial charge on any atom is 0.323 e. The molecule has 1 heterocycles. The van der Waals surface area contributed by atoms with Gasteiger partial charge in [-0.15, -0.1) is 0 Å². The number of aromatic nitrogens is 2. The Morgan fingerprint density at radius 1 is 1.44 bits per heavy atom. The molecular formula is C11H17N3O4. The maximum absolute atomic E-state index is 11.7. The first-order valence-electron chi connectivity index (χ1n) is 5.81. The van der Waals surface area contributed by atoms with Crippen LogP contribution in [0.3, 0.4) is 0 Å². The molecule has 0 aliphatic heterocycles. The Kier molecular flexibility index (Phi) is 5.29. The quantitative estimate of drug-likeness (QED) is 0.767. The van der Waals surface area contributed by atoms with Crippen molar-refractivity contribution in [1.29, 1.82) is 0 Å². The molecule has 1 amide bonds. The van der Waals surface area contributed by atoms with E-state index in [2.05, 4.69) is 10.1 Å². The summed E-state index contributed by atoms with van der Waals surface area (Å²) in [4.78, 5) is 27.6. The molecule has 7 heteroatoms. The van der Waals surface area contributed by atoms with Gasteiger partial charge in [0.25, 0.3) is 0 Å². The van der Waals surface area contributed by atoms with Gasteiger partial charge in [-0.1, -0.05) is 5.16 Å². The molecule has 0 aliphatic carbocycles. The third-order valence-corrected chi connectivity index (χ3v) is 2.41. The second kappa shape index (κ2) is 6.73. The van der Waals surface area contributed by atoms with Gasteiger partial charge >= 0.3 is 5.97 Å². The molecule has 0 spiro atoms. The van der Waals surface area contributed by atoms with Crippen molar-refractivity contribution in [2.24, 2.45) is 0 Å². The number of aryl methyl sites for hydroxylation is 2. The van der Waals surface area contributed by atoms with Crippen LogP contribution in [-0.2, 0) is 16.0 Å². The number of aliphatic carboxylic acids is 1. The fraction of sp³-hybridized carbons (Fsp3) is 0.636. The van der Waals surface area contributed by atoms with E-state index in [0.717, 1.165) is 0 Å². The first-order chi connectivity index (χ1) is 8.52. The lowest BCUT2D eigenvalue weighted by atomic mass is 10.2. The summed E-state index contributed by atoms with van der Waals surface area (Å²) in [6, 6.07) is 0. The van der Waals surface area contributed by atoms with Crippen LogP contribution >= 0.6 is 0 Å². The van der Waals surface area contributed by atoms with E-state index < -0.39 is 5.97 Å². The summed E-state index contributed by atoms with van der Waals surface area (Å²) in [6.07, 6.45) is 1.37. The van der Waals surface area contributed by atoms with Crippen molar-refractivity contribution in [3.8, 4) is 0 Å². The average Bonchev–Trinajstić information content (AvgIpc) is 2.71. The molecule has 0 saturated heterocycles. The van der Waals surface area contributed by atoms with Crippen molar-refractivity contribution < 1.29 is 19.2 Å². The number of nitrogens with zero attached hydrogens (tertiary/aromatic N) is 3. The van der Waals surface area contributed by atoms with Crippen molar-refractivity contribution in [3.05, 3.63) is 11.7 Å². The minimum Gasteiger partial charge on any atom is -0.480 e. The zero-order valence-electron chi connectivity index (χ0n) is 10.5. The first-order valence-corrected chi connectivity index (χ1v) is 5.81. The lowest BCUT2D eigenvalue weighted by molar-refractivity contribution is -0.144. The minimum absolute atomic E-state index is 0.170. The van der Waals surface area contributed by atoms with Crippen LogP contribution in [0.25, 0.3) is 0 Å². The second-order valence-electron chi connectivity index (χ2n) is 3.89. The third-order valence-electron chi connectivity index (χ3n) is 2.41. The fourth-order valence-electron chi connectivity index (χ4n) is 1.53. The predicted molar refractivity (Wildman–Crippen MR) is 61.9 cm³/mol. The number of amides is 1. The van der Waals surface area contributed by atoms with Gasteiger partial charge < -0.3 is 14.5 Å². The molecule has 0 fully saturated rings. The summed E-state index contributed by atoms with van der Waals surface area (Å²) in [7, 11) is 0. The Hall–Kier alpha value is -1.92. The average molecular weight is 255 g/mol. The first kappa shape index (κ1) is 14.1. The standard InChI is InChI=1S/C11H17N3O4/c1-3-14(7-11(16)17)10(15)6-4-5-9-12-8(2)13-18-9/h3-7H2,1-2H3,(H,16,17). The van der Waals surface area contributed by atoms with E-state index in [4.69, 9.17) is 9.63 Å². The lowest BCUT2D eigenvalue weighted by Crippen LogP contribution is -2.35. The minimum atomic E-state index is -1.00. The molecule has 7 nitrogen and oxygen atoms in total. The van der Waals surface area contributed by atoms with Gasteiger partial charge in [0, 0.05) is 19.4 Å². The number of carboxylic acid groups (broad SMARTS) is 1. The number of likely N-dealkylation sites (N-methyl/N-ethyl adjacent to an activating group) is 1. The summed E-state index contributed by atoms with van der Waals surface area (Å²) < 4.78 is 4.92. The molecule has 1 aromatic rings. The molecule has 0 atom stereocenters. The normalized spacial score (nSPS) is 10.3. The van der Waals surface area contributed by atoms with Crippen molar-refractivity contribution in [1.82, 2.24) is 15.0 Å². The summed E-state index contributed by atoms with van der Waals surface area (Å²) in [5.74, 6) is -0.104. The van der Waals surface area contributed by atoms with Gasteiger partial charge in [0.1, 0.15) is 6.54 Å². The summed E-state index contributed by atoms with van der Waals surface area (Å²) >= 11 is 0. The van der Waals surface area contributed by atoms with Crippen LogP contribution < -0.4 is 0 Å². The maximum atomic E-state index is 11.7. The molecular weight excluding hydrogens is 238 g/mol. The van der Waals surface area contributed by atoms with Crippen molar-refractivity contribution in [2.45, 2.75) is 33.1 Å². The van der Waals surface area contributed by atoms with Gasteiger partial charge in [-0.3, -0.25) is 9.59 Å². The molecule has 100 valence electrons. The monoisotopic (exact) mass is 255 g/mol. The van der Waals surface area contributed by atoms with Crippen molar-refractivity contribution in [3.63, 3.8) is 0 Å². The number of carbonyl (C=O) groups excluding carboxylic acids is 1. The number of hydrogen-bond acceptors (Lipinski definition) is 5. The van der Waals surface area contributed by atoms with Crippen LogP contribution in [0.4, 0.5) is 0 Å². The molecule has 18 heavy (non-hydrogen) atoms. The Balaban J connectivity index is 2.33. The molecule has 1 aromatic heterocycles. The number of hydrogen-bond donors (Lipinski definition) is 1. The van der Waals surface area contributed by atoms with Crippen LogP contribution in [0.1, 0.15) is 31.5 Å². The molecule has 0 bridgehead atoms. The van der Waals surface area contributed by atoms with E-state index in [-0.39, 0.29) is 18.9 Å². The highest BCUT2D eigenvalue weighted by Crippen LogP contribution is 2.04. The van der Waals surface area contributed by atoms with Crippen LogP contribution in [0, 0.1) is 6.92 Å².